The van der Waals surface area contributed by atoms with E-state index < -0.39 is 30.0 Å². The van der Waals surface area contributed by atoms with Crippen molar-refractivity contribution in [3.05, 3.63) is 17.3 Å². The highest BCUT2D eigenvalue weighted by Gasteiger charge is 2.33. The zero-order valence-corrected chi connectivity index (χ0v) is 9.65. The molecule has 9 heteroatoms. The van der Waals surface area contributed by atoms with Gasteiger partial charge in [-0.15, -0.1) is 13.2 Å². The summed E-state index contributed by atoms with van der Waals surface area (Å²) < 4.78 is 64.4. The van der Waals surface area contributed by atoms with E-state index in [0.717, 1.165) is 0 Å². The second-order valence-corrected chi connectivity index (χ2v) is 3.45. The fourth-order valence-corrected chi connectivity index (χ4v) is 1.61. The van der Waals surface area contributed by atoms with E-state index in [1.54, 1.807) is 0 Å². The van der Waals surface area contributed by atoms with Crippen LogP contribution in [0.15, 0.2) is 6.07 Å². The summed E-state index contributed by atoms with van der Waals surface area (Å²) in [6, 6.07) is 0.519. The molecule has 0 radical (unpaired) electrons. The van der Waals surface area contributed by atoms with Crippen LogP contribution in [-0.2, 0) is 5.33 Å². The first-order chi connectivity index (χ1) is 7.74. The molecule has 2 N–H and O–H groups in total. The maximum Gasteiger partial charge on any atom is 0.573 e. The largest absolute Gasteiger partial charge is 0.573 e. The zero-order valence-electron chi connectivity index (χ0n) is 8.06. The average Bonchev–Trinajstić information content (AvgIpc) is 2.14. The quantitative estimate of drug-likeness (QED) is 0.686. The summed E-state index contributed by atoms with van der Waals surface area (Å²) in [5, 5.41) is -0.0965. The molecule has 1 heterocycles. The second-order valence-electron chi connectivity index (χ2n) is 2.89. The van der Waals surface area contributed by atoms with Gasteiger partial charge in [-0.1, -0.05) is 15.9 Å². The number of aromatic nitrogens is 1. The van der Waals surface area contributed by atoms with Crippen molar-refractivity contribution in [1.82, 2.24) is 4.98 Å². The maximum absolute atomic E-state index is 12.3. The van der Waals surface area contributed by atoms with Crippen molar-refractivity contribution >= 4 is 21.7 Å². The molecule has 0 saturated heterocycles. The topological polar surface area (TPSA) is 48.1 Å². The van der Waals surface area contributed by atoms with Gasteiger partial charge in [-0.2, -0.15) is 0 Å². The van der Waals surface area contributed by atoms with Crippen LogP contribution in [0.25, 0.3) is 0 Å². The van der Waals surface area contributed by atoms with Crippen molar-refractivity contribution in [2.75, 3.05) is 5.73 Å². The van der Waals surface area contributed by atoms with Gasteiger partial charge in [0.25, 0.3) is 6.43 Å². The number of rotatable bonds is 3. The van der Waals surface area contributed by atoms with E-state index >= 15 is 0 Å². The molecule has 1 rings (SSSR count). The lowest BCUT2D eigenvalue weighted by molar-refractivity contribution is -0.274. The first kappa shape index (κ1) is 13.9. The highest BCUT2D eigenvalue weighted by Crippen LogP contribution is 2.33. The molecule has 1 aromatic rings. The summed E-state index contributed by atoms with van der Waals surface area (Å²) in [6.07, 6.45) is -8.01. The summed E-state index contributed by atoms with van der Waals surface area (Å²) in [4.78, 5) is 3.28. The van der Waals surface area contributed by atoms with Crippen LogP contribution in [0.2, 0.25) is 0 Å². The van der Waals surface area contributed by atoms with Crippen LogP contribution in [0, 0.1) is 0 Å². The number of ether oxygens (including phenoxy) is 1. The number of halogens is 6. The van der Waals surface area contributed by atoms with Gasteiger partial charge in [-0.25, -0.2) is 13.8 Å². The number of nitrogens with two attached hydrogens (primary N) is 1. The van der Waals surface area contributed by atoms with Crippen molar-refractivity contribution in [2.45, 2.75) is 18.1 Å². The molecular weight excluding hydrogens is 315 g/mol. The van der Waals surface area contributed by atoms with Gasteiger partial charge in [-0.05, 0) is 0 Å². The molecule has 0 fully saturated rings. The van der Waals surface area contributed by atoms with Crippen LogP contribution in [0.4, 0.5) is 27.8 Å². The fraction of sp³-hybridized carbons (Fsp3) is 0.375. The number of alkyl halides is 6. The molecule has 0 bridgehead atoms. The minimum Gasteiger partial charge on any atom is -0.405 e. The Morgan fingerprint density at radius 2 is 2.00 bits per heavy atom. The molecule has 0 aliphatic carbocycles. The molecule has 0 aliphatic rings. The minimum absolute atomic E-state index is 0.0965. The Kier molecular flexibility index (Phi) is 4.12. The van der Waals surface area contributed by atoms with Crippen molar-refractivity contribution in [3.8, 4) is 5.75 Å². The van der Waals surface area contributed by atoms with E-state index in [0.29, 0.717) is 6.07 Å². The van der Waals surface area contributed by atoms with Gasteiger partial charge in [-0.3, -0.25) is 0 Å². The molecule has 0 aromatic carbocycles. The van der Waals surface area contributed by atoms with Crippen LogP contribution < -0.4 is 10.5 Å². The molecule has 17 heavy (non-hydrogen) atoms. The third kappa shape index (κ3) is 3.69. The normalized spacial score (nSPS) is 11.9. The summed E-state index contributed by atoms with van der Waals surface area (Å²) >= 11 is 2.87. The van der Waals surface area contributed by atoms with Crippen LogP contribution in [0.3, 0.4) is 0 Å². The first-order valence-electron chi connectivity index (χ1n) is 4.13. The number of hydrogen-bond acceptors (Lipinski definition) is 3. The van der Waals surface area contributed by atoms with Crippen molar-refractivity contribution < 1.29 is 26.7 Å². The highest BCUT2D eigenvalue weighted by atomic mass is 79.9. The molecule has 0 amide bonds. The molecule has 0 unspecified atom stereocenters. The molecule has 0 aliphatic heterocycles. The Labute approximate surface area is 101 Å². The Morgan fingerprint density at radius 1 is 1.41 bits per heavy atom. The monoisotopic (exact) mass is 320 g/mol. The summed E-state index contributed by atoms with van der Waals surface area (Å²) in [5.41, 5.74) is 4.27. The molecule has 0 atom stereocenters. The first-order valence-corrected chi connectivity index (χ1v) is 5.26. The van der Waals surface area contributed by atoms with Gasteiger partial charge < -0.3 is 10.5 Å². The molecule has 0 saturated carbocycles. The summed E-state index contributed by atoms with van der Waals surface area (Å²) in [7, 11) is 0. The molecule has 96 valence electrons. The van der Waals surface area contributed by atoms with Gasteiger partial charge in [0.15, 0.2) is 0 Å². The number of pyridine rings is 1. The van der Waals surface area contributed by atoms with Gasteiger partial charge in [0.05, 0.1) is 0 Å². The Hall–Kier alpha value is -1.12. The lowest BCUT2D eigenvalue weighted by Gasteiger charge is -2.14. The second kappa shape index (κ2) is 5.03. The number of nitrogen functional groups attached to an aromatic ring is 1. The van der Waals surface area contributed by atoms with Crippen LogP contribution in [0.1, 0.15) is 17.7 Å². The standard InChI is InChI=1S/C8H6BrF5N2O/c9-2-3-5(17-8(12,13)14)1-4(6(10)11)16-7(3)15/h1,6H,2H2,(H2,15,16). The SMILES string of the molecule is Nc1nc(C(F)F)cc(OC(F)(F)F)c1CBr. The van der Waals surface area contributed by atoms with E-state index in [9.17, 15) is 22.0 Å². The van der Waals surface area contributed by atoms with E-state index in [1.807, 2.05) is 0 Å². The average molecular weight is 321 g/mol. The summed E-state index contributed by atoms with van der Waals surface area (Å²) in [6.45, 7) is 0. The Bertz CT molecular complexity index is 410. The van der Waals surface area contributed by atoms with Crippen molar-refractivity contribution in [3.63, 3.8) is 0 Å². The van der Waals surface area contributed by atoms with E-state index in [4.69, 9.17) is 5.73 Å². The van der Waals surface area contributed by atoms with Gasteiger partial charge in [0.1, 0.15) is 17.3 Å². The molecule has 1 aromatic heterocycles. The van der Waals surface area contributed by atoms with Gasteiger partial charge in [0.2, 0.25) is 0 Å². The fourth-order valence-electron chi connectivity index (χ4n) is 1.05. The third-order valence-electron chi connectivity index (χ3n) is 1.72. The minimum atomic E-state index is -4.98. The predicted octanol–water partition coefficient (Wildman–Crippen LogP) is 3.39. The smallest absolute Gasteiger partial charge is 0.405 e. The molecule has 0 spiro atoms. The zero-order chi connectivity index (χ0) is 13.2. The van der Waals surface area contributed by atoms with E-state index in [2.05, 4.69) is 25.7 Å². The molecular formula is C8H6BrF5N2O. The van der Waals surface area contributed by atoms with Crippen LogP contribution in [-0.4, -0.2) is 11.3 Å². The predicted molar refractivity (Wildman–Crippen MR) is 52.9 cm³/mol. The Morgan fingerprint density at radius 3 is 2.41 bits per heavy atom. The lowest BCUT2D eigenvalue weighted by Crippen LogP contribution is -2.19. The number of nitrogens with zero attached hydrogens (tertiary/aromatic N) is 1. The highest BCUT2D eigenvalue weighted by molar-refractivity contribution is 9.08. The van der Waals surface area contributed by atoms with Crippen LogP contribution >= 0.6 is 15.9 Å². The summed E-state index contributed by atoms with van der Waals surface area (Å²) in [5.74, 6) is -1.21. The third-order valence-corrected chi connectivity index (χ3v) is 2.28. The van der Waals surface area contributed by atoms with Gasteiger partial charge in [0, 0.05) is 17.0 Å². The van der Waals surface area contributed by atoms with Gasteiger partial charge >= 0.3 is 6.36 Å². The van der Waals surface area contributed by atoms with Crippen molar-refractivity contribution in [1.29, 1.82) is 0 Å². The lowest BCUT2D eigenvalue weighted by atomic mass is 10.2. The number of anilines is 1. The Balaban J connectivity index is 3.24. The van der Waals surface area contributed by atoms with E-state index in [1.165, 1.54) is 0 Å². The van der Waals surface area contributed by atoms with E-state index in [-0.39, 0.29) is 10.9 Å². The number of hydrogen-bond donors (Lipinski definition) is 1. The molecule has 3 nitrogen and oxygen atoms in total. The van der Waals surface area contributed by atoms with Crippen LogP contribution in [0.5, 0.6) is 5.75 Å². The van der Waals surface area contributed by atoms with Crippen molar-refractivity contribution in [2.24, 2.45) is 0 Å². The maximum atomic E-state index is 12.3.